The van der Waals surface area contributed by atoms with Crippen LogP contribution in [0.15, 0.2) is 62.1 Å². The highest BCUT2D eigenvalue weighted by atomic mass is 16.6. The molecule has 2 fully saturated rings. The summed E-state index contributed by atoms with van der Waals surface area (Å²) < 4.78 is 19.1. The minimum absolute atomic E-state index is 0.00528. The maximum atomic E-state index is 13.4. The number of nitrogens with zero attached hydrogens (tertiary/aromatic N) is 1. The van der Waals surface area contributed by atoms with Gasteiger partial charge in [0.05, 0.1) is 12.2 Å². The number of nitrogens with two attached hydrogens (primary N) is 1. The number of esters is 1. The van der Waals surface area contributed by atoms with Crippen molar-refractivity contribution < 1.29 is 28.6 Å². The van der Waals surface area contributed by atoms with Gasteiger partial charge in [-0.25, -0.2) is 9.59 Å². The van der Waals surface area contributed by atoms with E-state index in [1.54, 1.807) is 26.0 Å². The Morgan fingerprint density at radius 2 is 1.96 bits per heavy atom. The van der Waals surface area contributed by atoms with Crippen molar-refractivity contribution in [2.75, 3.05) is 39.8 Å². The molecule has 1 aromatic heterocycles. The summed E-state index contributed by atoms with van der Waals surface area (Å²) in [5.74, 6) is 1.12. The molecule has 1 saturated heterocycles. The van der Waals surface area contributed by atoms with Gasteiger partial charge in [0.1, 0.15) is 16.9 Å². The third-order valence-electron chi connectivity index (χ3n) is 11.6. The van der Waals surface area contributed by atoms with Crippen LogP contribution < -0.4 is 26.7 Å². The van der Waals surface area contributed by atoms with Gasteiger partial charge >= 0.3 is 11.6 Å². The normalized spacial score (nSPS) is 22.2. The molecule has 4 aliphatic rings. The molecule has 11 nitrogen and oxygen atoms in total. The number of allylic oxidation sites excluding steroid dienone is 2. The summed E-state index contributed by atoms with van der Waals surface area (Å²) in [6, 6.07) is 5.70. The second-order valence-electron chi connectivity index (χ2n) is 15.2. The zero-order chi connectivity index (χ0) is 35.8. The van der Waals surface area contributed by atoms with E-state index in [4.69, 9.17) is 19.6 Å². The maximum Gasteiger partial charge on any atom is 0.340 e. The summed E-state index contributed by atoms with van der Waals surface area (Å²) in [5, 5.41) is 17.1. The van der Waals surface area contributed by atoms with E-state index in [0.717, 1.165) is 67.4 Å². The third-order valence-corrected chi connectivity index (χ3v) is 11.6. The molecule has 4 heterocycles. The topological polar surface area (TPSA) is 156 Å². The minimum Gasteiger partial charge on any atom is -0.482 e. The minimum atomic E-state index is -1.14. The standard InChI is InChI=1S/C39H52N4O7/c1-6-24(2)35(46)50-37(3,4)39(18-27-15-33(40)42-21-29(27)16-34(45)43-22-25(23-43)20-41-5)19-28-13-26-14-30(38(11-12-44)9-7-8-10-38)36(47)48-31(26)17-32(28)49-39/h6,13-15,17,25,41-42,44H,7-12,16,18-23,40H2,1-5H3/b24-6+/t39-/m0/s1. The predicted molar refractivity (Wildman–Crippen MR) is 192 cm³/mol. The van der Waals surface area contributed by atoms with Crippen LogP contribution in [0.1, 0.15) is 83.8 Å². The van der Waals surface area contributed by atoms with E-state index in [2.05, 4.69) is 10.6 Å². The van der Waals surface area contributed by atoms with Crippen LogP contribution in [0.3, 0.4) is 0 Å². The molecule has 11 heteroatoms. The number of aliphatic hydroxyl groups is 1. The van der Waals surface area contributed by atoms with E-state index in [-0.39, 0.29) is 24.6 Å². The summed E-state index contributed by atoms with van der Waals surface area (Å²) in [4.78, 5) is 42.0. The van der Waals surface area contributed by atoms with E-state index in [0.29, 0.717) is 60.0 Å². The Hall–Kier alpha value is -4.09. The van der Waals surface area contributed by atoms with Crippen LogP contribution in [-0.4, -0.2) is 72.9 Å². The number of ether oxygens (including phenoxy) is 2. The van der Waals surface area contributed by atoms with Crippen molar-refractivity contribution >= 4 is 22.8 Å². The van der Waals surface area contributed by atoms with E-state index in [9.17, 15) is 19.5 Å². The molecule has 0 bridgehead atoms. The average molecular weight is 689 g/mol. The molecule has 1 amide bonds. The van der Waals surface area contributed by atoms with E-state index in [1.807, 2.05) is 44.0 Å². The average Bonchev–Trinajstić information content (AvgIpc) is 3.67. The molecule has 1 saturated carbocycles. The van der Waals surface area contributed by atoms with Gasteiger partial charge in [-0.1, -0.05) is 18.9 Å². The highest BCUT2D eigenvalue weighted by Crippen LogP contribution is 2.49. The molecule has 2 aromatic rings. The fraction of sp³-hybridized carbons (Fsp3) is 0.564. The Morgan fingerprint density at radius 1 is 1.22 bits per heavy atom. The lowest BCUT2D eigenvalue weighted by Gasteiger charge is -2.43. The molecule has 1 aromatic carbocycles. The molecule has 6 rings (SSSR count). The van der Waals surface area contributed by atoms with Gasteiger partial charge in [-0.3, -0.25) is 4.79 Å². The van der Waals surface area contributed by atoms with Crippen molar-refractivity contribution in [3.8, 4) is 5.75 Å². The number of hydrogen-bond donors (Lipinski definition) is 4. The van der Waals surface area contributed by atoms with Crippen molar-refractivity contribution in [1.82, 2.24) is 15.5 Å². The van der Waals surface area contributed by atoms with Gasteiger partial charge in [0.2, 0.25) is 5.91 Å². The number of dihydropyridines is 1. The molecule has 1 atom stereocenters. The lowest BCUT2D eigenvalue weighted by atomic mass is 9.75. The molecule has 50 heavy (non-hydrogen) atoms. The molecule has 3 aliphatic heterocycles. The highest BCUT2D eigenvalue weighted by Gasteiger charge is 2.55. The summed E-state index contributed by atoms with van der Waals surface area (Å²) >= 11 is 0. The highest BCUT2D eigenvalue weighted by molar-refractivity contribution is 5.88. The van der Waals surface area contributed by atoms with E-state index >= 15 is 0 Å². The Morgan fingerprint density at radius 3 is 2.64 bits per heavy atom. The lowest BCUT2D eigenvalue weighted by molar-refractivity contribution is -0.174. The predicted octanol–water partition coefficient (Wildman–Crippen LogP) is 4.11. The molecule has 5 N–H and O–H groups in total. The summed E-state index contributed by atoms with van der Waals surface area (Å²) in [5.41, 5.74) is 7.49. The van der Waals surface area contributed by atoms with Crippen LogP contribution in [0.5, 0.6) is 5.75 Å². The van der Waals surface area contributed by atoms with Crippen molar-refractivity contribution in [1.29, 1.82) is 0 Å². The van der Waals surface area contributed by atoms with Crippen LogP contribution in [0.2, 0.25) is 0 Å². The van der Waals surface area contributed by atoms with Gasteiger partial charge in [-0.05, 0) is 88.9 Å². The van der Waals surface area contributed by atoms with E-state index in [1.165, 1.54) is 0 Å². The number of rotatable bonds is 12. The molecule has 0 spiro atoms. The summed E-state index contributed by atoms with van der Waals surface area (Å²) in [7, 11) is 1.92. The number of nitrogens with one attached hydrogen (secondary N) is 2. The van der Waals surface area contributed by atoms with Crippen molar-refractivity contribution in [3.05, 3.63) is 74.4 Å². The molecular formula is C39H52N4O7. The van der Waals surface area contributed by atoms with Crippen LogP contribution in [0, 0.1) is 5.92 Å². The van der Waals surface area contributed by atoms with Crippen LogP contribution in [0.4, 0.5) is 0 Å². The summed E-state index contributed by atoms with van der Waals surface area (Å²) in [6.07, 6.45) is 8.74. The van der Waals surface area contributed by atoms with E-state index < -0.39 is 22.6 Å². The number of likely N-dealkylation sites (tertiary alicyclic amines) is 1. The fourth-order valence-electron chi connectivity index (χ4n) is 8.25. The Balaban J connectivity index is 1.38. The maximum absolute atomic E-state index is 13.4. The fourth-order valence-corrected chi connectivity index (χ4v) is 8.25. The Labute approximate surface area is 293 Å². The number of benzene rings is 1. The number of hydrogen-bond acceptors (Lipinski definition) is 10. The summed E-state index contributed by atoms with van der Waals surface area (Å²) in [6.45, 7) is 10.00. The van der Waals surface area contributed by atoms with Gasteiger partial charge < -0.3 is 40.3 Å². The van der Waals surface area contributed by atoms with Gasteiger partial charge in [0.25, 0.3) is 0 Å². The number of fused-ring (bicyclic) bond motifs is 2. The Bertz CT molecular complexity index is 1810. The zero-order valence-corrected chi connectivity index (χ0v) is 30.1. The first kappa shape index (κ1) is 35.7. The first-order valence-corrected chi connectivity index (χ1v) is 17.9. The molecular weight excluding hydrogens is 636 g/mol. The van der Waals surface area contributed by atoms with Crippen LogP contribution in [0.25, 0.3) is 11.0 Å². The first-order chi connectivity index (χ1) is 23.8. The van der Waals surface area contributed by atoms with Gasteiger partial charge in [0.15, 0.2) is 5.60 Å². The monoisotopic (exact) mass is 688 g/mol. The van der Waals surface area contributed by atoms with Gasteiger partial charge in [-0.15, -0.1) is 0 Å². The second-order valence-corrected chi connectivity index (χ2v) is 15.2. The number of aliphatic hydroxyl groups excluding tert-OH is 1. The third kappa shape index (κ3) is 6.69. The Kier molecular flexibility index (Phi) is 9.94. The lowest BCUT2D eigenvalue weighted by Crippen LogP contribution is -2.57. The number of carbonyl (C=O) groups excluding carboxylic acids is 2. The SMILES string of the molecule is C/C=C(\C)C(=O)OC(C)(C)[C@]1(CC2=C(CC(=O)N3CC(CNC)C3)CNC(N)=C2)Cc2cc3cc(C4(CCO)CCCC4)c(=O)oc3cc2O1. The second kappa shape index (κ2) is 13.9. The molecule has 270 valence electrons. The van der Waals surface area contributed by atoms with Crippen molar-refractivity contribution in [2.24, 2.45) is 11.7 Å². The first-order valence-electron chi connectivity index (χ1n) is 17.9. The van der Waals surface area contributed by atoms with Crippen molar-refractivity contribution in [2.45, 2.75) is 95.7 Å². The molecule has 1 aliphatic carbocycles. The van der Waals surface area contributed by atoms with Crippen LogP contribution >= 0.6 is 0 Å². The molecule has 0 radical (unpaired) electrons. The zero-order valence-electron chi connectivity index (χ0n) is 30.1. The van der Waals surface area contributed by atoms with Gasteiger partial charge in [-0.2, -0.15) is 0 Å². The van der Waals surface area contributed by atoms with Gasteiger partial charge in [0, 0.05) is 79.5 Å². The van der Waals surface area contributed by atoms with Crippen LogP contribution in [-0.2, 0) is 26.2 Å². The molecule has 0 unspecified atom stereocenters. The van der Waals surface area contributed by atoms with Crippen molar-refractivity contribution in [3.63, 3.8) is 0 Å². The number of amides is 1. The quantitative estimate of drug-likeness (QED) is 0.145. The smallest absolute Gasteiger partial charge is 0.340 e. The largest absolute Gasteiger partial charge is 0.482 e. The number of carbonyl (C=O) groups is 2.